The quantitative estimate of drug-likeness (QED) is 0.710. The van der Waals surface area contributed by atoms with Crippen LogP contribution in [0.5, 0.6) is 6.01 Å². The number of carbonyl (C=O) groups excluding carboxylic acids is 1. The smallest absolute Gasteiger partial charge is 0.318 e. The zero-order valence-electron chi connectivity index (χ0n) is 10.5. The Morgan fingerprint density at radius 1 is 1.56 bits per heavy atom. The van der Waals surface area contributed by atoms with Crippen LogP contribution in [-0.4, -0.2) is 36.5 Å². The molecule has 6 nitrogen and oxygen atoms in total. The molecular weight excluding hydrogens is 232 g/mol. The predicted octanol–water partition coefficient (Wildman–Crippen LogP) is 1.31. The summed E-state index contributed by atoms with van der Waals surface area (Å²) >= 11 is 0. The van der Waals surface area contributed by atoms with Crippen LogP contribution in [0.15, 0.2) is 6.20 Å². The third-order valence-corrected chi connectivity index (χ3v) is 3.06. The second-order valence-electron chi connectivity index (χ2n) is 4.32. The highest BCUT2D eigenvalue weighted by Crippen LogP contribution is 2.27. The van der Waals surface area contributed by atoms with Crippen molar-refractivity contribution >= 4 is 17.8 Å². The van der Waals surface area contributed by atoms with E-state index in [2.05, 4.69) is 20.6 Å². The maximum Gasteiger partial charge on any atom is 0.318 e. The van der Waals surface area contributed by atoms with Gasteiger partial charge in [-0.1, -0.05) is 6.42 Å². The molecule has 1 aliphatic rings. The lowest BCUT2D eigenvalue weighted by Gasteiger charge is -2.24. The number of anilines is 2. The lowest BCUT2D eigenvalue weighted by Crippen LogP contribution is -2.20. The largest absolute Gasteiger partial charge is 0.463 e. The van der Waals surface area contributed by atoms with Crippen molar-refractivity contribution in [2.45, 2.75) is 19.3 Å². The van der Waals surface area contributed by atoms with E-state index < -0.39 is 0 Å². The van der Waals surface area contributed by atoms with Crippen molar-refractivity contribution in [3.05, 3.63) is 6.20 Å². The minimum atomic E-state index is 0.216. The monoisotopic (exact) mass is 250 g/mol. The van der Waals surface area contributed by atoms with Crippen molar-refractivity contribution in [1.82, 2.24) is 9.97 Å². The van der Waals surface area contributed by atoms with Crippen molar-refractivity contribution in [3.63, 3.8) is 0 Å². The summed E-state index contributed by atoms with van der Waals surface area (Å²) < 4.78 is 5.55. The van der Waals surface area contributed by atoms with Crippen LogP contribution in [0.3, 0.4) is 0 Å². The number of nitrogens with one attached hydrogen (secondary N) is 2. The summed E-state index contributed by atoms with van der Waals surface area (Å²) in [6.07, 6.45) is 6.18. The molecule has 1 aromatic rings. The zero-order chi connectivity index (χ0) is 12.8. The topological polar surface area (TPSA) is 76.1 Å². The van der Waals surface area contributed by atoms with Crippen LogP contribution in [0.1, 0.15) is 19.3 Å². The normalized spacial score (nSPS) is 14.7. The van der Waals surface area contributed by atoms with Crippen molar-refractivity contribution < 1.29 is 9.53 Å². The summed E-state index contributed by atoms with van der Waals surface area (Å²) in [4.78, 5) is 18.7. The van der Waals surface area contributed by atoms with Gasteiger partial charge in [-0.2, -0.15) is 4.98 Å². The predicted molar refractivity (Wildman–Crippen MR) is 69.0 cm³/mol. The van der Waals surface area contributed by atoms with Crippen molar-refractivity contribution in [1.29, 1.82) is 0 Å². The average Bonchev–Trinajstić information content (AvgIpc) is 2.34. The van der Waals surface area contributed by atoms with Crippen LogP contribution in [-0.2, 0) is 4.79 Å². The Morgan fingerprint density at radius 2 is 2.39 bits per heavy atom. The molecule has 1 heterocycles. The van der Waals surface area contributed by atoms with E-state index in [0.29, 0.717) is 24.4 Å². The first-order valence-electron chi connectivity index (χ1n) is 6.18. The minimum absolute atomic E-state index is 0.216. The van der Waals surface area contributed by atoms with Gasteiger partial charge in [0.15, 0.2) is 5.82 Å². The van der Waals surface area contributed by atoms with Crippen molar-refractivity contribution in [3.8, 4) is 6.01 Å². The van der Waals surface area contributed by atoms with Gasteiger partial charge in [0, 0.05) is 7.05 Å². The number of aldehydes is 1. The van der Waals surface area contributed by atoms with Gasteiger partial charge in [-0.15, -0.1) is 0 Å². The Morgan fingerprint density at radius 3 is 3.00 bits per heavy atom. The molecule has 0 aliphatic heterocycles. The second kappa shape index (κ2) is 6.18. The van der Waals surface area contributed by atoms with E-state index in [1.807, 2.05) is 0 Å². The van der Waals surface area contributed by atoms with Gasteiger partial charge in [0.25, 0.3) is 0 Å². The van der Waals surface area contributed by atoms with Crippen LogP contribution >= 0.6 is 0 Å². The summed E-state index contributed by atoms with van der Waals surface area (Å²) in [5, 5.41) is 5.87. The Bertz CT molecular complexity index is 407. The number of ether oxygens (including phenoxy) is 1. The molecule has 0 atom stereocenters. The van der Waals surface area contributed by atoms with Crippen molar-refractivity contribution in [2.75, 3.05) is 30.8 Å². The molecule has 2 N–H and O–H groups in total. The Balaban J connectivity index is 1.98. The van der Waals surface area contributed by atoms with Gasteiger partial charge in [0.2, 0.25) is 0 Å². The SMILES string of the molecule is CNc1cnc(OCC2CCC2)nc1NCC=O. The fraction of sp³-hybridized carbons (Fsp3) is 0.583. The first kappa shape index (κ1) is 12.6. The van der Waals surface area contributed by atoms with E-state index in [-0.39, 0.29) is 6.54 Å². The highest BCUT2D eigenvalue weighted by molar-refractivity contribution is 5.67. The van der Waals surface area contributed by atoms with Gasteiger partial charge in [0.1, 0.15) is 6.29 Å². The molecule has 0 bridgehead atoms. The van der Waals surface area contributed by atoms with E-state index in [4.69, 9.17) is 4.74 Å². The molecule has 2 rings (SSSR count). The van der Waals surface area contributed by atoms with E-state index in [1.54, 1.807) is 13.2 Å². The molecule has 1 saturated carbocycles. The van der Waals surface area contributed by atoms with Gasteiger partial charge in [-0.25, -0.2) is 4.98 Å². The second-order valence-corrected chi connectivity index (χ2v) is 4.32. The molecule has 1 aromatic heterocycles. The third kappa shape index (κ3) is 3.09. The van der Waals surface area contributed by atoms with E-state index in [1.165, 1.54) is 19.3 Å². The van der Waals surface area contributed by atoms with Gasteiger partial charge in [-0.05, 0) is 18.8 Å². The molecule has 0 spiro atoms. The minimum Gasteiger partial charge on any atom is -0.463 e. The Hall–Kier alpha value is -1.85. The zero-order valence-corrected chi connectivity index (χ0v) is 10.5. The number of hydrogen-bond acceptors (Lipinski definition) is 6. The number of rotatable bonds is 7. The number of hydrogen-bond donors (Lipinski definition) is 2. The van der Waals surface area contributed by atoms with E-state index in [0.717, 1.165) is 12.0 Å². The molecule has 98 valence electrons. The van der Waals surface area contributed by atoms with E-state index >= 15 is 0 Å². The van der Waals surface area contributed by atoms with Gasteiger partial charge in [0.05, 0.1) is 25.0 Å². The standard InChI is InChI=1S/C12H18N4O2/c1-13-10-7-15-12(16-11(10)14-5-6-17)18-8-9-3-2-4-9/h6-7,9,13H,2-5,8H2,1H3,(H,14,15,16). The highest BCUT2D eigenvalue weighted by Gasteiger charge is 2.18. The van der Waals surface area contributed by atoms with Crippen molar-refractivity contribution in [2.24, 2.45) is 5.92 Å². The third-order valence-electron chi connectivity index (χ3n) is 3.06. The maximum atomic E-state index is 10.4. The van der Waals surface area contributed by atoms with Crippen LogP contribution < -0.4 is 15.4 Å². The summed E-state index contributed by atoms with van der Waals surface area (Å²) in [5.41, 5.74) is 0.743. The van der Waals surface area contributed by atoms with Gasteiger partial charge in [-0.3, -0.25) is 0 Å². The van der Waals surface area contributed by atoms with Crippen LogP contribution in [0.2, 0.25) is 0 Å². The van der Waals surface area contributed by atoms with Crippen LogP contribution in [0.4, 0.5) is 11.5 Å². The molecule has 0 amide bonds. The first-order valence-corrected chi connectivity index (χ1v) is 6.18. The highest BCUT2D eigenvalue weighted by atomic mass is 16.5. The molecule has 0 radical (unpaired) electrons. The molecule has 0 saturated heterocycles. The number of nitrogens with zero attached hydrogens (tertiary/aromatic N) is 2. The summed E-state index contributed by atoms with van der Waals surface area (Å²) in [7, 11) is 1.78. The summed E-state index contributed by atoms with van der Waals surface area (Å²) in [5.74, 6) is 1.23. The number of carbonyl (C=O) groups is 1. The molecule has 6 heteroatoms. The van der Waals surface area contributed by atoms with Gasteiger partial charge >= 0.3 is 6.01 Å². The Labute approximate surface area is 106 Å². The summed E-state index contributed by atoms with van der Waals surface area (Å²) in [6.45, 7) is 0.889. The number of aromatic nitrogens is 2. The summed E-state index contributed by atoms with van der Waals surface area (Å²) in [6, 6.07) is 0.356. The molecular formula is C12H18N4O2. The lowest BCUT2D eigenvalue weighted by atomic mass is 9.86. The average molecular weight is 250 g/mol. The fourth-order valence-corrected chi connectivity index (χ4v) is 1.74. The maximum absolute atomic E-state index is 10.4. The Kier molecular flexibility index (Phi) is 4.33. The van der Waals surface area contributed by atoms with E-state index in [9.17, 15) is 4.79 Å². The molecule has 0 aromatic carbocycles. The molecule has 1 aliphatic carbocycles. The lowest BCUT2D eigenvalue weighted by molar-refractivity contribution is -0.106. The van der Waals surface area contributed by atoms with Crippen LogP contribution in [0, 0.1) is 5.92 Å². The van der Waals surface area contributed by atoms with Crippen LogP contribution in [0.25, 0.3) is 0 Å². The molecule has 18 heavy (non-hydrogen) atoms. The molecule has 1 fully saturated rings. The van der Waals surface area contributed by atoms with Gasteiger partial charge < -0.3 is 20.2 Å². The molecule has 0 unspecified atom stereocenters. The first-order chi connectivity index (χ1) is 8.83. The fourth-order valence-electron chi connectivity index (χ4n) is 1.74.